The molecule has 4 heteroatoms. The molecule has 0 radical (unpaired) electrons. The molecule has 76 valence electrons. The summed E-state index contributed by atoms with van der Waals surface area (Å²) < 4.78 is 37.7. The first-order valence-corrected chi connectivity index (χ1v) is 4.07. The van der Waals surface area contributed by atoms with Crippen molar-refractivity contribution in [1.29, 1.82) is 0 Å². The molecule has 1 nitrogen and oxygen atoms in total. The second kappa shape index (κ2) is 4.26. The van der Waals surface area contributed by atoms with E-state index in [0.717, 1.165) is 6.07 Å². The van der Waals surface area contributed by atoms with E-state index in [4.69, 9.17) is 0 Å². The summed E-state index contributed by atoms with van der Waals surface area (Å²) >= 11 is 0. The second-order valence-electron chi connectivity index (χ2n) is 3.00. The Bertz CT molecular complexity index is 347. The van der Waals surface area contributed by atoms with E-state index in [2.05, 4.69) is 0 Å². The highest BCUT2D eigenvalue weighted by molar-refractivity contribution is 5.78. The highest BCUT2D eigenvalue weighted by Crippen LogP contribution is 2.24. The van der Waals surface area contributed by atoms with E-state index in [1.807, 2.05) is 0 Å². The van der Waals surface area contributed by atoms with Crippen LogP contribution in [0.4, 0.5) is 13.2 Å². The zero-order chi connectivity index (χ0) is 10.7. The maximum atomic E-state index is 13.3. The van der Waals surface area contributed by atoms with Gasteiger partial charge in [0.2, 0.25) is 0 Å². The summed E-state index contributed by atoms with van der Waals surface area (Å²) in [7, 11) is 0. The van der Waals surface area contributed by atoms with Gasteiger partial charge in [-0.15, -0.1) is 0 Å². The molecule has 0 amide bonds. The zero-order valence-electron chi connectivity index (χ0n) is 7.56. The summed E-state index contributed by atoms with van der Waals surface area (Å²) in [5.41, 5.74) is -0.626. The van der Waals surface area contributed by atoms with Gasteiger partial charge < -0.3 is 0 Å². The van der Waals surface area contributed by atoms with Crippen LogP contribution in [0.2, 0.25) is 0 Å². The monoisotopic (exact) mass is 202 g/mol. The Labute approximate surface area is 79.5 Å². The highest BCUT2D eigenvalue weighted by atomic mass is 19.3. The Morgan fingerprint density at radius 3 is 2.57 bits per heavy atom. The van der Waals surface area contributed by atoms with Gasteiger partial charge in [-0.05, 0) is 12.5 Å². The number of carbonyl (C=O) groups excluding carboxylic acids is 1. The maximum absolute atomic E-state index is 13.3. The van der Waals surface area contributed by atoms with E-state index in [9.17, 15) is 18.0 Å². The Hall–Kier alpha value is -1.32. The molecule has 0 atom stereocenters. The standard InChI is InChI=1S/C10H9F3O/c1-6(14)5-7-3-2-4-8(9(7)11)10(12)13/h2-4,10H,5H2,1H3. The first-order valence-electron chi connectivity index (χ1n) is 4.07. The molecule has 0 unspecified atom stereocenters. The molecule has 0 saturated carbocycles. The molecule has 1 rings (SSSR count). The third-order valence-electron chi connectivity index (χ3n) is 1.78. The van der Waals surface area contributed by atoms with Crippen LogP contribution >= 0.6 is 0 Å². The minimum Gasteiger partial charge on any atom is -0.300 e. The van der Waals surface area contributed by atoms with E-state index >= 15 is 0 Å². The first-order chi connectivity index (χ1) is 6.52. The van der Waals surface area contributed by atoms with E-state index in [0.29, 0.717) is 0 Å². The van der Waals surface area contributed by atoms with Crippen molar-refractivity contribution in [2.24, 2.45) is 0 Å². The lowest BCUT2D eigenvalue weighted by Gasteiger charge is -2.05. The number of hydrogen-bond acceptors (Lipinski definition) is 1. The molecule has 0 aliphatic rings. The molecule has 0 aliphatic heterocycles. The normalized spacial score (nSPS) is 10.6. The lowest BCUT2D eigenvalue weighted by Crippen LogP contribution is -2.02. The zero-order valence-corrected chi connectivity index (χ0v) is 7.56. The van der Waals surface area contributed by atoms with Crippen molar-refractivity contribution in [3.05, 3.63) is 35.1 Å². The van der Waals surface area contributed by atoms with Gasteiger partial charge in [0.15, 0.2) is 0 Å². The van der Waals surface area contributed by atoms with Crippen LogP contribution in [0.3, 0.4) is 0 Å². The van der Waals surface area contributed by atoms with Gasteiger partial charge in [-0.1, -0.05) is 18.2 Å². The molecule has 0 aliphatic carbocycles. The second-order valence-corrected chi connectivity index (χ2v) is 3.00. The summed E-state index contributed by atoms with van der Waals surface area (Å²) in [5.74, 6) is -1.23. The SMILES string of the molecule is CC(=O)Cc1cccc(C(F)F)c1F. The third kappa shape index (κ3) is 2.34. The Morgan fingerprint density at radius 1 is 1.43 bits per heavy atom. The van der Waals surface area contributed by atoms with Crippen LogP contribution in [-0.2, 0) is 11.2 Å². The lowest BCUT2D eigenvalue weighted by atomic mass is 10.1. The number of alkyl halides is 2. The number of halogens is 3. The summed E-state index contributed by atoms with van der Waals surface area (Å²) in [6.45, 7) is 1.29. The fraction of sp³-hybridized carbons (Fsp3) is 0.300. The van der Waals surface area contributed by atoms with Crippen molar-refractivity contribution in [1.82, 2.24) is 0 Å². The Morgan fingerprint density at radius 2 is 2.07 bits per heavy atom. The number of carbonyl (C=O) groups is 1. The molecule has 0 saturated heterocycles. The van der Waals surface area contributed by atoms with Gasteiger partial charge in [0.1, 0.15) is 11.6 Å². The van der Waals surface area contributed by atoms with Crippen molar-refractivity contribution in [3.8, 4) is 0 Å². The van der Waals surface area contributed by atoms with Crippen molar-refractivity contribution >= 4 is 5.78 Å². The van der Waals surface area contributed by atoms with E-state index in [-0.39, 0.29) is 17.8 Å². The van der Waals surface area contributed by atoms with Gasteiger partial charge >= 0.3 is 0 Å². The molecule has 0 heterocycles. The van der Waals surface area contributed by atoms with Gasteiger partial charge in [-0.25, -0.2) is 13.2 Å². The molecule has 0 N–H and O–H groups in total. The maximum Gasteiger partial charge on any atom is 0.266 e. The van der Waals surface area contributed by atoms with Crippen LogP contribution in [0.15, 0.2) is 18.2 Å². The highest BCUT2D eigenvalue weighted by Gasteiger charge is 2.16. The van der Waals surface area contributed by atoms with Gasteiger partial charge in [0, 0.05) is 6.42 Å². The summed E-state index contributed by atoms with van der Waals surface area (Å²) in [6.07, 6.45) is -2.99. The largest absolute Gasteiger partial charge is 0.300 e. The number of Topliss-reactive ketones (excluding diaryl/α,β-unsaturated/α-hetero) is 1. The van der Waals surface area contributed by atoms with Gasteiger partial charge in [0.05, 0.1) is 5.56 Å². The average Bonchev–Trinajstić information content (AvgIpc) is 2.07. The molecule has 0 aromatic heterocycles. The van der Waals surface area contributed by atoms with Crippen molar-refractivity contribution in [2.75, 3.05) is 0 Å². The fourth-order valence-corrected chi connectivity index (χ4v) is 1.17. The summed E-state index contributed by atoms with van der Waals surface area (Å²) in [5, 5.41) is 0. The summed E-state index contributed by atoms with van der Waals surface area (Å²) in [6, 6.07) is 3.68. The van der Waals surface area contributed by atoms with Gasteiger partial charge in [0.25, 0.3) is 6.43 Å². The smallest absolute Gasteiger partial charge is 0.266 e. The average molecular weight is 202 g/mol. The first kappa shape index (κ1) is 10.8. The predicted molar refractivity (Wildman–Crippen MR) is 45.7 cm³/mol. The van der Waals surface area contributed by atoms with Gasteiger partial charge in [-0.3, -0.25) is 4.79 Å². The van der Waals surface area contributed by atoms with Crippen LogP contribution in [0.1, 0.15) is 24.5 Å². The minimum absolute atomic E-state index is 0.0234. The molecular formula is C10H9F3O. The van der Waals surface area contributed by atoms with Crippen molar-refractivity contribution < 1.29 is 18.0 Å². The van der Waals surface area contributed by atoms with E-state index in [1.54, 1.807) is 0 Å². The summed E-state index contributed by atoms with van der Waals surface area (Å²) in [4.78, 5) is 10.7. The number of hydrogen-bond donors (Lipinski definition) is 0. The van der Waals surface area contributed by atoms with E-state index in [1.165, 1.54) is 19.1 Å². The fourth-order valence-electron chi connectivity index (χ4n) is 1.17. The van der Waals surface area contributed by atoms with Gasteiger partial charge in [-0.2, -0.15) is 0 Å². The topological polar surface area (TPSA) is 17.1 Å². The number of rotatable bonds is 3. The number of ketones is 1. The molecule has 14 heavy (non-hydrogen) atoms. The van der Waals surface area contributed by atoms with Crippen LogP contribution in [0.5, 0.6) is 0 Å². The van der Waals surface area contributed by atoms with Crippen molar-refractivity contribution in [3.63, 3.8) is 0 Å². The van der Waals surface area contributed by atoms with Crippen LogP contribution in [0, 0.1) is 5.82 Å². The van der Waals surface area contributed by atoms with Crippen LogP contribution < -0.4 is 0 Å². The number of benzene rings is 1. The minimum atomic E-state index is -2.85. The van der Waals surface area contributed by atoms with Crippen molar-refractivity contribution in [2.45, 2.75) is 19.8 Å². The quantitative estimate of drug-likeness (QED) is 0.736. The molecule has 1 aromatic rings. The third-order valence-corrected chi connectivity index (χ3v) is 1.78. The van der Waals surface area contributed by atoms with Crippen LogP contribution in [0.25, 0.3) is 0 Å². The Kier molecular flexibility index (Phi) is 3.28. The molecular weight excluding hydrogens is 193 g/mol. The molecule has 0 bridgehead atoms. The van der Waals surface area contributed by atoms with Crippen LogP contribution in [-0.4, -0.2) is 5.78 Å². The predicted octanol–water partition coefficient (Wildman–Crippen LogP) is 2.89. The molecule has 1 aromatic carbocycles. The lowest BCUT2D eigenvalue weighted by molar-refractivity contribution is -0.116. The molecule has 0 fully saturated rings. The van der Waals surface area contributed by atoms with E-state index < -0.39 is 17.8 Å². The Balaban J connectivity index is 3.07. The molecule has 0 spiro atoms.